The van der Waals surface area contributed by atoms with E-state index in [0.717, 1.165) is 4.90 Å². The van der Waals surface area contributed by atoms with Crippen molar-refractivity contribution in [2.24, 2.45) is 0 Å². The van der Waals surface area contributed by atoms with Gasteiger partial charge in [-0.25, -0.2) is 9.78 Å². The molecule has 0 atom stereocenters. The van der Waals surface area contributed by atoms with Gasteiger partial charge in [0.25, 0.3) is 0 Å². The fraction of sp³-hybridized carbons (Fsp3) is 0.300. The normalized spacial score (nSPS) is 16.5. The average Bonchev–Trinajstić information content (AvgIpc) is 2.28. The molecular formula is C10H7ClF3N3O2. The molecule has 0 aromatic carbocycles. The van der Waals surface area contributed by atoms with E-state index < -0.39 is 23.7 Å². The van der Waals surface area contributed by atoms with Crippen LogP contribution in [0.25, 0.3) is 0 Å². The van der Waals surface area contributed by atoms with E-state index in [4.69, 9.17) is 11.6 Å². The quantitative estimate of drug-likeness (QED) is 0.863. The number of nitrogens with zero attached hydrogens (tertiary/aromatic N) is 2. The standard InChI is InChI=1S/C10H7ClF3N3O2/c11-6-3-5(10(12,13)14)4-15-8(6)17-2-1-7(18)16-9(17)19/h3-4H,1-2H2,(H,16,18,19). The van der Waals surface area contributed by atoms with E-state index in [1.54, 1.807) is 0 Å². The Balaban J connectivity index is 2.31. The molecule has 1 saturated heterocycles. The molecule has 0 aliphatic carbocycles. The summed E-state index contributed by atoms with van der Waals surface area (Å²) in [5.41, 5.74) is -1.00. The molecule has 19 heavy (non-hydrogen) atoms. The van der Waals surface area contributed by atoms with E-state index >= 15 is 0 Å². The zero-order valence-electron chi connectivity index (χ0n) is 9.29. The number of aromatic nitrogens is 1. The van der Waals surface area contributed by atoms with Gasteiger partial charge in [0.05, 0.1) is 10.6 Å². The van der Waals surface area contributed by atoms with Crippen LogP contribution in [0.2, 0.25) is 5.02 Å². The number of urea groups is 1. The third kappa shape index (κ3) is 2.78. The zero-order chi connectivity index (χ0) is 14.2. The van der Waals surface area contributed by atoms with Crippen molar-refractivity contribution in [3.63, 3.8) is 0 Å². The van der Waals surface area contributed by atoms with Gasteiger partial charge in [-0.3, -0.25) is 15.0 Å². The number of rotatable bonds is 1. The maximum Gasteiger partial charge on any atom is 0.417 e. The molecule has 1 aromatic heterocycles. The van der Waals surface area contributed by atoms with Crippen molar-refractivity contribution in [1.82, 2.24) is 10.3 Å². The first-order valence-corrected chi connectivity index (χ1v) is 5.51. The summed E-state index contributed by atoms with van der Waals surface area (Å²) in [6, 6.07) is -0.0708. The number of imide groups is 1. The lowest BCUT2D eigenvalue weighted by atomic mass is 10.2. The molecule has 2 rings (SSSR count). The molecule has 102 valence electrons. The number of carbonyl (C=O) groups is 2. The van der Waals surface area contributed by atoms with Gasteiger partial charge in [-0.2, -0.15) is 13.2 Å². The number of carbonyl (C=O) groups excluding carboxylic acids is 2. The Morgan fingerprint density at radius 2 is 2.05 bits per heavy atom. The first kappa shape index (κ1) is 13.6. The smallest absolute Gasteiger partial charge is 0.278 e. The summed E-state index contributed by atoms with van der Waals surface area (Å²) in [5, 5.41) is 1.72. The van der Waals surface area contributed by atoms with Crippen molar-refractivity contribution in [2.45, 2.75) is 12.6 Å². The highest BCUT2D eigenvalue weighted by Gasteiger charge is 2.33. The second-order valence-corrected chi connectivity index (χ2v) is 4.19. The predicted octanol–water partition coefficient (Wildman–Crippen LogP) is 2.20. The summed E-state index contributed by atoms with van der Waals surface area (Å²) < 4.78 is 37.3. The van der Waals surface area contributed by atoms with Crippen LogP contribution < -0.4 is 10.2 Å². The van der Waals surface area contributed by atoms with E-state index in [-0.39, 0.29) is 23.8 Å². The van der Waals surface area contributed by atoms with Gasteiger partial charge in [-0.1, -0.05) is 11.6 Å². The van der Waals surface area contributed by atoms with Crippen LogP contribution in [-0.4, -0.2) is 23.5 Å². The average molecular weight is 294 g/mol. The molecule has 0 unspecified atom stereocenters. The first-order valence-electron chi connectivity index (χ1n) is 5.13. The van der Waals surface area contributed by atoms with Gasteiger partial charge in [0.1, 0.15) is 0 Å². The predicted molar refractivity (Wildman–Crippen MR) is 59.8 cm³/mol. The van der Waals surface area contributed by atoms with Gasteiger partial charge in [-0.05, 0) is 6.07 Å². The molecule has 1 aliphatic heterocycles. The van der Waals surface area contributed by atoms with Crippen molar-refractivity contribution in [3.05, 3.63) is 22.8 Å². The number of hydrogen-bond donors (Lipinski definition) is 1. The van der Waals surface area contributed by atoms with Crippen LogP contribution in [0.15, 0.2) is 12.3 Å². The molecule has 1 aliphatic rings. The number of amides is 3. The molecule has 0 saturated carbocycles. The summed E-state index contributed by atoms with van der Waals surface area (Å²) in [6.07, 6.45) is -3.94. The van der Waals surface area contributed by atoms with Crippen molar-refractivity contribution in [1.29, 1.82) is 0 Å². The molecule has 1 aromatic rings. The topological polar surface area (TPSA) is 62.3 Å². The van der Waals surface area contributed by atoms with Crippen LogP contribution in [0.5, 0.6) is 0 Å². The number of pyridine rings is 1. The largest absolute Gasteiger partial charge is 0.417 e. The highest BCUT2D eigenvalue weighted by atomic mass is 35.5. The van der Waals surface area contributed by atoms with Gasteiger partial charge in [-0.15, -0.1) is 0 Å². The van der Waals surface area contributed by atoms with Gasteiger partial charge in [0.2, 0.25) is 5.91 Å². The van der Waals surface area contributed by atoms with Crippen LogP contribution in [-0.2, 0) is 11.0 Å². The summed E-state index contributed by atoms with van der Waals surface area (Å²) in [6.45, 7) is 0.0166. The summed E-state index contributed by atoms with van der Waals surface area (Å²) in [4.78, 5) is 27.0. The lowest BCUT2D eigenvalue weighted by Gasteiger charge is -2.26. The summed E-state index contributed by atoms with van der Waals surface area (Å²) in [5.74, 6) is -0.566. The van der Waals surface area contributed by atoms with Crippen LogP contribution >= 0.6 is 11.6 Å². The maximum absolute atomic E-state index is 12.4. The van der Waals surface area contributed by atoms with E-state index in [1.165, 1.54) is 0 Å². The fourth-order valence-corrected chi connectivity index (χ4v) is 1.82. The van der Waals surface area contributed by atoms with Crippen LogP contribution in [0.3, 0.4) is 0 Å². The Morgan fingerprint density at radius 1 is 1.37 bits per heavy atom. The Labute approximate surface area is 110 Å². The molecule has 0 spiro atoms. The van der Waals surface area contributed by atoms with Gasteiger partial charge in [0, 0.05) is 19.2 Å². The van der Waals surface area contributed by atoms with E-state index in [2.05, 4.69) is 4.98 Å². The number of anilines is 1. The highest BCUT2D eigenvalue weighted by molar-refractivity contribution is 6.33. The molecule has 0 bridgehead atoms. The molecule has 1 fully saturated rings. The lowest BCUT2D eigenvalue weighted by molar-refractivity contribution is -0.137. The van der Waals surface area contributed by atoms with Gasteiger partial charge in [0.15, 0.2) is 5.82 Å². The Morgan fingerprint density at radius 3 is 2.58 bits per heavy atom. The Bertz CT molecular complexity index is 547. The molecule has 3 amide bonds. The minimum absolute atomic E-state index is 0.0166. The maximum atomic E-state index is 12.4. The molecule has 0 radical (unpaired) electrons. The minimum atomic E-state index is -4.56. The number of nitrogens with one attached hydrogen (secondary N) is 1. The lowest BCUT2D eigenvalue weighted by Crippen LogP contribution is -2.50. The molecule has 1 N–H and O–H groups in total. The van der Waals surface area contributed by atoms with E-state index in [0.29, 0.717) is 12.3 Å². The Kier molecular flexibility index (Phi) is 3.36. The molecule has 5 nitrogen and oxygen atoms in total. The van der Waals surface area contributed by atoms with Gasteiger partial charge >= 0.3 is 12.2 Å². The number of hydrogen-bond acceptors (Lipinski definition) is 3. The monoisotopic (exact) mass is 293 g/mol. The molecule has 2 heterocycles. The fourth-order valence-electron chi connectivity index (χ4n) is 1.55. The number of halogens is 4. The van der Waals surface area contributed by atoms with Crippen molar-refractivity contribution in [3.8, 4) is 0 Å². The first-order chi connectivity index (χ1) is 8.79. The van der Waals surface area contributed by atoms with Crippen molar-refractivity contribution < 1.29 is 22.8 Å². The van der Waals surface area contributed by atoms with Gasteiger partial charge < -0.3 is 0 Å². The zero-order valence-corrected chi connectivity index (χ0v) is 10.0. The highest BCUT2D eigenvalue weighted by Crippen LogP contribution is 2.33. The third-order valence-electron chi connectivity index (χ3n) is 2.46. The SMILES string of the molecule is O=C1CCN(c2ncc(C(F)(F)F)cc2Cl)C(=O)N1. The second kappa shape index (κ2) is 4.69. The third-order valence-corrected chi connectivity index (χ3v) is 2.74. The molecular weight excluding hydrogens is 287 g/mol. The summed E-state index contributed by atoms with van der Waals surface area (Å²) >= 11 is 5.70. The second-order valence-electron chi connectivity index (χ2n) is 3.78. The Hall–Kier alpha value is -1.83. The number of alkyl halides is 3. The van der Waals surface area contributed by atoms with Crippen LogP contribution in [0.4, 0.5) is 23.8 Å². The van der Waals surface area contributed by atoms with Crippen molar-refractivity contribution >= 4 is 29.4 Å². The van der Waals surface area contributed by atoms with Crippen LogP contribution in [0.1, 0.15) is 12.0 Å². The minimum Gasteiger partial charge on any atom is -0.278 e. The summed E-state index contributed by atoms with van der Waals surface area (Å²) in [7, 11) is 0. The van der Waals surface area contributed by atoms with Crippen molar-refractivity contribution in [2.75, 3.05) is 11.4 Å². The van der Waals surface area contributed by atoms with E-state index in [9.17, 15) is 22.8 Å². The van der Waals surface area contributed by atoms with Crippen LogP contribution in [0, 0.1) is 0 Å². The molecule has 9 heteroatoms. The van der Waals surface area contributed by atoms with E-state index in [1.807, 2.05) is 5.32 Å².